The van der Waals surface area contributed by atoms with Crippen LogP contribution in [0.15, 0.2) is 0 Å². The van der Waals surface area contributed by atoms with E-state index in [1.165, 1.54) is 14.1 Å². The number of rotatable bonds is 48. The SMILES string of the molecule is CCCCCCCOCC(F)(F)C(F)(F)C(F)(F)C(F)(F)C(F)(F)C(F)(F)C(F)(F)C(C)(F)C(F)(F)C(F)(F)COCCC(CCOCC(F)(F)C(F)(F)C(F)(F)C(F)(F)C(F)(F)C(F)(F)C(F)(F)C(F)(F)C(F)(F)C(F)(F)COCCCCCCC)OCCN(C)C. The van der Waals surface area contributed by atoms with Gasteiger partial charge in [-0.3, -0.25) is 0 Å². The van der Waals surface area contributed by atoms with Gasteiger partial charge >= 0.3 is 113 Å². The summed E-state index contributed by atoms with van der Waals surface area (Å²) < 4.78 is 587. The summed E-state index contributed by atoms with van der Waals surface area (Å²) in [7, 11) is 2.38. The van der Waals surface area contributed by atoms with E-state index in [0.29, 0.717) is 32.1 Å². The van der Waals surface area contributed by atoms with Crippen molar-refractivity contribution in [2.45, 2.75) is 222 Å². The number of ether oxygens (including phenoxy) is 5. The predicted octanol–water partition coefficient (Wildman–Crippen LogP) is 18.5. The lowest BCUT2D eigenvalue weighted by molar-refractivity contribution is -0.470. The quantitative estimate of drug-likeness (QED) is 0.0447. The van der Waals surface area contributed by atoms with Gasteiger partial charge in [-0.25, -0.2) is 4.39 Å². The highest BCUT2D eigenvalue weighted by molar-refractivity contribution is 5.21. The van der Waals surface area contributed by atoms with Gasteiger partial charge in [0.1, 0.15) is 26.4 Å². The van der Waals surface area contributed by atoms with E-state index in [0.717, 1.165) is 4.90 Å². The lowest BCUT2D eigenvalue weighted by Crippen LogP contribution is -2.77. The lowest BCUT2D eigenvalue weighted by atomic mass is 9.80. The molecule has 0 fully saturated rings. The molecule has 0 N–H and O–H groups in total. The first-order chi connectivity index (χ1) is 41.1. The minimum Gasteiger partial charge on any atom is -0.377 e. The van der Waals surface area contributed by atoms with Crippen molar-refractivity contribution in [3.8, 4) is 0 Å². The maximum atomic E-state index is 15.2. The summed E-state index contributed by atoms with van der Waals surface area (Å²) in [4.78, 5) is 1.14. The van der Waals surface area contributed by atoms with Crippen molar-refractivity contribution in [2.24, 2.45) is 0 Å². The fourth-order valence-corrected chi connectivity index (χ4v) is 7.42. The molecule has 2 unspecified atom stereocenters. The van der Waals surface area contributed by atoms with Crippen LogP contribution >= 0.6 is 0 Å². The smallest absolute Gasteiger partial charge is 0.377 e. The van der Waals surface area contributed by atoms with Gasteiger partial charge < -0.3 is 28.6 Å². The second kappa shape index (κ2) is 30.7. The van der Waals surface area contributed by atoms with Crippen LogP contribution < -0.4 is 0 Å². The Bertz CT molecular complexity index is 2120. The molecular weight excluding hydrogens is 1410 g/mol. The fraction of sp³-hybridized carbons (Fsp3) is 1.00. The maximum Gasteiger partial charge on any atom is 0.385 e. The topological polar surface area (TPSA) is 49.4 Å². The Balaban J connectivity index is 6.63. The van der Waals surface area contributed by atoms with Gasteiger partial charge in [0.25, 0.3) is 0 Å². The largest absolute Gasteiger partial charge is 0.385 e. The minimum absolute atomic E-state index is 0.0237. The van der Waals surface area contributed by atoms with Crippen molar-refractivity contribution >= 4 is 0 Å². The summed E-state index contributed by atoms with van der Waals surface area (Å²) in [6, 6.07) is 0. The molecule has 0 rings (SSSR count). The van der Waals surface area contributed by atoms with E-state index in [1.54, 1.807) is 13.8 Å². The van der Waals surface area contributed by atoms with E-state index in [2.05, 4.69) is 18.9 Å². The molecule has 45 heteroatoms. The third-order valence-corrected chi connectivity index (χ3v) is 13.7. The molecule has 0 radical (unpaired) electrons. The molecule has 0 aliphatic heterocycles. The first kappa shape index (κ1) is 90.0. The Hall–Kier alpha value is -2.97. The number of likely N-dealkylation sites (N-methyl/N-ethyl adjacent to an activating group) is 1. The standard InChI is InChI=1S/C48H60F39NO5/c1-6-8-10-12-14-19-89-25-31(52,53)36(62,63)40(70,71)44(78,79)43(76,77)39(68,69)35(60,61)29(3,49)34(58,59)30(50,51)24-91-21-16-28(93-23-18-88(4)5)17-22-92-27-33(56,57)38(66,67)42(74,75)46(82,83)48(86,87)47(84,85)45(80,81)41(72,73)37(64,65)32(54,55)26-90-20-15-13-11-9-7-2/h28H,6-27H2,1-5H3. The monoisotopic (exact) mass is 1470 g/mol. The molecule has 0 saturated carbocycles. The molecule has 0 aliphatic carbocycles. The molecule has 0 saturated heterocycles. The van der Waals surface area contributed by atoms with Gasteiger partial charge in [-0.1, -0.05) is 65.2 Å². The Morgan fingerprint density at radius 2 is 0.473 bits per heavy atom. The van der Waals surface area contributed by atoms with Crippen molar-refractivity contribution in [3.63, 3.8) is 0 Å². The number of unbranched alkanes of at least 4 members (excludes halogenated alkanes) is 8. The van der Waals surface area contributed by atoms with E-state index < -0.39 is 204 Å². The van der Waals surface area contributed by atoms with Crippen LogP contribution in [-0.4, -0.2) is 209 Å². The number of halogens is 39. The van der Waals surface area contributed by atoms with E-state index in [1.807, 2.05) is 0 Å². The molecule has 0 heterocycles. The third kappa shape index (κ3) is 16.7. The molecule has 93 heavy (non-hydrogen) atoms. The Morgan fingerprint density at radius 3 is 0.720 bits per heavy atom. The van der Waals surface area contributed by atoms with Gasteiger partial charge in [0.05, 0.1) is 12.7 Å². The molecule has 0 aliphatic rings. The summed E-state index contributed by atoms with van der Waals surface area (Å²) in [5.41, 5.74) is -7.54. The summed E-state index contributed by atoms with van der Waals surface area (Å²) in [5.74, 6) is -160. The van der Waals surface area contributed by atoms with Gasteiger partial charge in [0, 0.05) is 33.0 Å². The zero-order chi connectivity index (χ0) is 74.2. The molecular formula is C48H60F39NO5. The molecule has 2 atom stereocenters. The van der Waals surface area contributed by atoms with Crippen molar-refractivity contribution in [2.75, 3.05) is 80.1 Å². The van der Waals surface area contributed by atoms with Gasteiger partial charge in [-0.05, 0) is 46.7 Å². The summed E-state index contributed by atoms with van der Waals surface area (Å²) >= 11 is 0. The second-order valence-electron chi connectivity index (χ2n) is 21.3. The first-order valence-corrected chi connectivity index (χ1v) is 26.6. The molecule has 0 amide bonds. The highest BCUT2D eigenvalue weighted by atomic mass is 19.4. The molecule has 0 aromatic rings. The van der Waals surface area contributed by atoms with Gasteiger partial charge in [0.15, 0.2) is 0 Å². The van der Waals surface area contributed by atoms with Crippen LogP contribution in [0.5, 0.6) is 0 Å². The summed E-state index contributed by atoms with van der Waals surface area (Å²) in [6.45, 7) is -19.0. The number of nitrogens with zero attached hydrogens (tertiary/aromatic N) is 1. The van der Waals surface area contributed by atoms with Crippen molar-refractivity contribution in [1.82, 2.24) is 4.90 Å². The predicted molar refractivity (Wildman–Crippen MR) is 242 cm³/mol. The highest BCUT2D eigenvalue weighted by Gasteiger charge is 2.99. The van der Waals surface area contributed by atoms with E-state index in [-0.39, 0.29) is 38.6 Å². The minimum atomic E-state index is -9.41. The van der Waals surface area contributed by atoms with Crippen LogP contribution in [0.4, 0.5) is 171 Å². The Kier molecular flexibility index (Phi) is 29.7. The maximum absolute atomic E-state index is 15.2. The zero-order valence-corrected chi connectivity index (χ0v) is 48.4. The number of alkyl halides is 39. The van der Waals surface area contributed by atoms with Crippen LogP contribution in [0.2, 0.25) is 0 Å². The Morgan fingerprint density at radius 1 is 0.258 bits per heavy atom. The molecule has 0 aromatic carbocycles. The van der Waals surface area contributed by atoms with Crippen molar-refractivity contribution < 1.29 is 195 Å². The van der Waals surface area contributed by atoms with Gasteiger partial charge in [0.2, 0.25) is 5.67 Å². The van der Waals surface area contributed by atoms with E-state index >= 15 is 4.39 Å². The van der Waals surface area contributed by atoms with E-state index in [4.69, 9.17) is 4.74 Å². The average Bonchev–Trinajstić information content (AvgIpc) is 0.699. The molecule has 0 aromatic heterocycles. The van der Waals surface area contributed by atoms with Crippen molar-refractivity contribution in [1.29, 1.82) is 0 Å². The molecule has 560 valence electrons. The van der Waals surface area contributed by atoms with Crippen LogP contribution in [0.1, 0.15) is 97.8 Å². The van der Waals surface area contributed by atoms with Gasteiger partial charge in [-0.2, -0.15) is 167 Å². The van der Waals surface area contributed by atoms with Crippen LogP contribution in [0.3, 0.4) is 0 Å². The highest BCUT2D eigenvalue weighted by Crippen LogP contribution is 2.68. The van der Waals surface area contributed by atoms with Crippen LogP contribution in [-0.2, 0) is 23.7 Å². The molecule has 0 spiro atoms. The zero-order valence-electron chi connectivity index (χ0n) is 48.4. The molecule has 6 nitrogen and oxygen atoms in total. The second-order valence-corrected chi connectivity index (χ2v) is 21.3. The molecule has 0 bridgehead atoms. The van der Waals surface area contributed by atoms with Crippen molar-refractivity contribution in [3.05, 3.63) is 0 Å². The fourth-order valence-electron chi connectivity index (χ4n) is 7.42. The summed E-state index contributed by atoms with van der Waals surface area (Å²) in [5, 5.41) is 0. The van der Waals surface area contributed by atoms with Crippen LogP contribution in [0.25, 0.3) is 0 Å². The normalized spacial score (nSPS) is 16.6. The number of hydrogen-bond donors (Lipinski definition) is 0. The van der Waals surface area contributed by atoms with E-state index in [9.17, 15) is 167 Å². The average molecular weight is 1470 g/mol. The van der Waals surface area contributed by atoms with Gasteiger partial charge in [-0.15, -0.1) is 0 Å². The van der Waals surface area contributed by atoms with Crippen LogP contribution in [0, 0.1) is 0 Å². The number of hydrogen-bond acceptors (Lipinski definition) is 6. The summed E-state index contributed by atoms with van der Waals surface area (Å²) in [6.07, 6.45) is -3.02. The first-order valence-electron chi connectivity index (χ1n) is 26.6. The third-order valence-electron chi connectivity index (χ3n) is 13.7. The Labute approximate surface area is 502 Å². The lowest BCUT2D eigenvalue weighted by Gasteiger charge is -2.46.